The Morgan fingerprint density at radius 3 is 2.64 bits per heavy atom. The van der Waals surface area contributed by atoms with Crippen molar-refractivity contribution in [1.29, 1.82) is 0 Å². The average Bonchev–Trinajstić information content (AvgIpc) is 3.09. The summed E-state index contributed by atoms with van der Waals surface area (Å²) < 4.78 is 2.22. The lowest BCUT2D eigenvalue weighted by Gasteiger charge is -2.33. The van der Waals surface area contributed by atoms with Crippen molar-refractivity contribution < 1.29 is 0 Å². The van der Waals surface area contributed by atoms with E-state index < -0.39 is 0 Å². The molecule has 0 bridgehead atoms. The van der Waals surface area contributed by atoms with Gasteiger partial charge in [0.05, 0.1) is 29.8 Å². The molecule has 2 aliphatic heterocycles. The lowest BCUT2D eigenvalue weighted by atomic mass is 10.2. The quantitative estimate of drug-likeness (QED) is 0.755. The Morgan fingerprint density at radius 1 is 1.00 bits per heavy atom. The van der Waals surface area contributed by atoms with E-state index in [9.17, 15) is 0 Å². The molecule has 5 heterocycles. The molecule has 0 aromatic carbocycles. The van der Waals surface area contributed by atoms with Crippen molar-refractivity contribution in [2.45, 2.75) is 13.5 Å². The molecule has 0 saturated carbocycles. The van der Waals surface area contributed by atoms with Crippen molar-refractivity contribution in [1.82, 2.24) is 24.4 Å². The van der Waals surface area contributed by atoms with Crippen LogP contribution < -0.4 is 10.2 Å². The number of fused-ring (bicyclic) bond motifs is 3. The monoisotopic (exact) mass is 376 g/mol. The number of nitrogens with one attached hydrogen (secondary N) is 1. The molecule has 0 amide bonds. The number of hydrogen-bond acceptors (Lipinski definition) is 7. The van der Waals surface area contributed by atoms with Crippen LogP contribution in [0.25, 0.3) is 11.0 Å². The summed E-state index contributed by atoms with van der Waals surface area (Å²) in [5.41, 5.74) is 4.28. The van der Waals surface area contributed by atoms with Crippen LogP contribution in [-0.2, 0) is 6.54 Å². The van der Waals surface area contributed by atoms with Crippen LogP contribution in [0.15, 0.2) is 35.6 Å². The highest BCUT2D eigenvalue weighted by molar-refractivity contribution is 6.02. The number of anilines is 3. The lowest BCUT2D eigenvalue weighted by molar-refractivity contribution is 0.313. The van der Waals surface area contributed by atoms with Crippen LogP contribution in [0.5, 0.6) is 0 Å². The van der Waals surface area contributed by atoms with E-state index in [4.69, 9.17) is 4.98 Å². The summed E-state index contributed by atoms with van der Waals surface area (Å²) in [6.07, 6.45) is 3.78. The van der Waals surface area contributed by atoms with E-state index in [1.807, 2.05) is 25.4 Å². The van der Waals surface area contributed by atoms with Gasteiger partial charge in [0.2, 0.25) is 5.95 Å². The fourth-order valence-electron chi connectivity index (χ4n) is 3.85. The lowest BCUT2D eigenvalue weighted by Crippen LogP contribution is -2.44. The molecule has 8 heteroatoms. The first-order valence-corrected chi connectivity index (χ1v) is 9.72. The zero-order valence-electron chi connectivity index (χ0n) is 16.3. The predicted octanol–water partition coefficient (Wildman–Crippen LogP) is 2.14. The molecule has 3 aromatic rings. The zero-order valence-corrected chi connectivity index (χ0v) is 16.3. The van der Waals surface area contributed by atoms with Crippen LogP contribution >= 0.6 is 0 Å². The maximum absolute atomic E-state index is 4.73. The Bertz CT molecular complexity index is 1030. The van der Waals surface area contributed by atoms with Gasteiger partial charge in [0.25, 0.3) is 0 Å². The molecule has 0 aliphatic carbocycles. The van der Waals surface area contributed by atoms with Gasteiger partial charge >= 0.3 is 0 Å². The molecule has 0 atom stereocenters. The third-order valence-electron chi connectivity index (χ3n) is 5.53. The van der Waals surface area contributed by atoms with Gasteiger partial charge in [-0.15, -0.1) is 0 Å². The molecule has 0 unspecified atom stereocenters. The average molecular weight is 376 g/mol. The van der Waals surface area contributed by atoms with E-state index in [0.717, 1.165) is 73.2 Å². The van der Waals surface area contributed by atoms with Crippen molar-refractivity contribution in [2.24, 2.45) is 4.99 Å². The number of likely N-dealkylation sites (N-methyl/N-ethyl adjacent to an activating group) is 1. The number of aliphatic imine (C=N–C) groups is 1. The minimum atomic E-state index is 0.563. The number of piperazine rings is 1. The van der Waals surface area contributed by atoms with Gasteiger partial charge in [-0.25, -0.2) is 9.97 Å². The first kappa shape index (κ1) is 17.1. The van der Waals surface area contributed by atoms with Gasteiger partial charge in [-0.1, -0.05) is 0 Å². The second-order valence-corrected chi connectivity index (χ2v) is 7.44. The number of pyridine rings is 1. The third kappa shape index (κ3) is 3.09. The van der Waals surface area contributed by atoms with E-state index in [2.05, 4.69) is 53.8 Å². The fraction of sp³-hybridized carbons (Fsp3) is 0.400. The summed E-state index contributed by atoms with van der Waals surface area (Å²) in [4.78, 5) is 23.0. The van der Waals surface area contributed by atoms with Crippen molar-refractivity contribution in [3.05, 3.63) is 36.3 Å². The Hall–Kier alpha value is -3.00. The van der Waals surface area contributed by atoms with Crippen LogP contribution in [0.4, 0.5) is 17.5 Å². The standard InChI is InChI=1S/C20H24N8/c1-14-17-11-15-12-23-20(25-19(15)28(17)6-5-21-14)24-18-4-3-16(13-22-18)27-9-7-26(2)8-10-27/h3-4,11-13H,5-10H2,1-2H3,(H,22,23,24,25). The number of aromatic nitrogens is 4. The van der Waals surface area contributed by atoms with Crippen molar-refractivity contribution >= 4 is 34.2 Å². The second kappa shape index (κ2) is 6.87. The highest BCUT2D eigenvalue weighted by Gasteiger charge is 2.17. The van der Waals surface area contributed by atoms with Gasteiger partial charge in [-0.3, -0.25) is 4.99 Å². The molecule has 1 saturated heterocycles. The molecular formula is C20H24N8. The highest BCUT2D eigenvalue weighted by atomic mass is 15.3. The molecular weight excluding hydrogens is 352 g/mol. The largest absolute Gasteiger partial charge is 0.368 e. The summed E-state index contributed by atoms with van der Waals surface area (Å²) >= 11 is 0. The van der Waals surface area contributed by atoms with Crippen molar-refractivity contribution in [2.75, 3.05) is 50.0 Å². The molecule has 28 heavy (non-hydrogen) atoms. The van der Waals surface area contributed by atoms with E-state index in [1.54, 1.807) is 0 Å². The summed E-state index contributed by atoms with van der Waals surface area (Å²) in [7, 11) is 2.16. The topological polar surface area (TPSA) is 74.5 Å². The van der Waals surface area contributed by atoms with Gasteiger partial charge < -0.3 is 19.7 Å². The second-order valence-electron chi connectivity index (χ2n) is 7.44. The Labute approximate surface area is 163 Å². The SMILES string of the molecule is CC1=NCCn2c1cc1cnc(Nc3ccc(N4CCN(C)CC4)cn3)nc12. The number of hydrogen-bond donors (Lipinski definition) is 1. The van der Waals surface area contributed by atoms with E-state index in [-0.39, 0.29) is 0 Å². The summed E-state index contributed by atoms with van der Waals surface area (Å²) in [5, 5.41) is 4.27. The highest BCUT2D eigenvalue weighted by Crippen LogP contribution is 2.23. The van der Waals surface area contributed by atoms with Gasteiger partial charge in [0.15, 0.2) is 0 Å². The van der Waals surface area contributed by atoms with Crippen molar-refractivity contribution in [3.63, 3.8) is 0 Å². The number of rotatable bonds is 3. The van der Waals surface area contributed by atoms with Gasteiger partial charge in [-0.2, -0.15) is 4.98 Å². The first-order valence-electron chi connectivity index (χ1n) is 9.72. The normalized spacial score (nSPS) is 17.5. The van der Waals surface area contributed by atoms with Crippen LogP contribution in [0.1, 0.15) is 12.6 Å². The summed E-state index contributed by atoms with van der Waals surface area (Å²) in [5.74, 6) is 1.31. The molecule has 5 rings (SSSR count). The predicted molar refractivity (Wildman–Crippen MR) is 112 cm³/mol. The molecule has 0 radical (unpaired) electrons. The minimum Gasteiger partial charge on any atom is -0.368 e. The van der Waals surface area contributed by atoms with Gasteiger partial charge in [-0.05, 0) is 32.2 Å². The summed E-state index contributed by atoms with van der Waals surface area (Å²) in [6, 6.07) is 6.21. The molecule has 0 spiro atoms. The van der Waals surface area contributed by atoms with Crippen LogP contribution in [-0.4, -0.2) is 69.9 Å². The van der Waals surface area contributed by atoms with Crippen molar-refractivity contribution in [3.8, 4) is 0 Å². The number of nitrogens with zero attached hydrogens (tertiary/aromatic N) is 7. The zero-order chi connectivity index (χ0) is 19.1. The Kier molecular flexibility index (Phi) is 4.20. The maximum atomic E-state index is 4.73. The molecule has 1 N–H and O–H groups in total. The first-order chi connectivity index (χ1) is 13.7. The molecule has 3 aromatic heterocycles. The van der Waals surface area contributed by atoms with Crippen LogP contribution in [0.2, 0.25) is 0 Å². The van der Waals surface area contributed by atoms with E-state index in [0.29, 0.717) is 5.95 Å². The maximum Gasteiger partial charge on any atom is 0.230 e. The fourth-order valence-corrected chi connectivity index (χ4v) is 3.85. The van der Waals surface area contributed by atoms with Crippen LogP contribution in [0, 0.1) is 0 Å². The molecule has 144 valence electrons. The van der Waals surface area contributed by atoms with E-state index in [1.165, 1.54) is 0 Å². The molecule has 8 nitrogen and oxygen atoms in total. The molecule has 1 fully saturated rings. The summed E-state index contributed by atoms with van der Waals surface area (Å²) in [6.45, 7) is 7.93. The Balaban J connectivity index is 1.36. The smallest absolute Gasteiger partial charge is 0.230 e. The minimum absolute atomic E-state index is 0.563. The van der Waals surface area contributed by atoms with E-state index >= 15 is 0 Å². The molecule has 2 aliphatic rings. The van der Waals surface area contributed by atoms with Gasteiger partial charge in [0.1, 0.15) is 11.5 Å². The van der Waals surface area contributed by atoms with Crippen LogP contribution in [0.3, 0.4) is 0 Å². The Morgan fingerprint density at radius 2 is 1.86 bits per heavy atom. The third-order valence-corrected chi connectivity index (χ3v) is 5.53. The van der Waals surface area contributed by atoms with Gasteiger partial charge in [0, 0.05) is 44.3 Å².